The van der Waals surface area contributed by atoms with Gasteiger partial charge in [-0.15, -0.1) is 0 Å². The van der Waals surface area contributed by atoms with Crippen LogP contribution >= 0.6 is 23.2 Å². The molecule has 0 saturated carbocycles. The van der Waals surface area contributed by atoms with Gasteiger partial charge in [0.2, 0.25) is 0 Å². The van der Waals surface area contributed by atoms with Gasteiger partial charge in [-0.1, -0.05) is 47.5 Å². The van der Waals surface area contributed by atoms with E-state index in [0.29, 0.717) is 21.2 Å². The number of aliphatic hydroxyl groups is 6. The van der Waals surface area contributed by atoms with Gasteiger partial charge in [0.25, 0.3) is 0 Å². The van der Waals surface area contributed by atoms with Crippen molar-refractivity contribution in [3.63, 3.8) is 0 Å². The molecule has 0 unspecified atom stereocenters. The molecule has 2 aromatic carbocycles. The maximum Gasteiger partial charge on any atom is 0.139 e. The van der Waals surface area contributed by atoms with Crippen LogP contribution in [-0.4, -0.2) is 55.1 Å². The maximum absolute atomic E-state index is 10.2. The van der Waals surface area contributed by atoms with Crippen molar-refractivity contribution in [1.82, 2.24) is 0 Å². The average Bonchev–Trinajstić information content (AvgIpc) is 2.71. The van der Waals surface area contributed by atoms with Gasteiger partial charge in [0, 0.05) is 10.0 Å². The molecule has 0 radical (unpaired) electrons. The fourth-order valence-electron chi connectivity index (χ4n) is 2.75. The summed E-state index contributed by atoms with van der Waals surface area (Å²) < 4.78 is 0. The molecule has 30 heavy (non-hydrogen) atoms. The Kier molecular flexibility index (Phi) is 8.32. The third-order valence-electron chi connectivity index (χ3n) is 4.60. The number of benzene rings is 2. The van der Waals surface area contributed by atoms with Gasteiger partial charge >= 0.3 is 0 Å². The highest BCUT2D eigenvalue weighted by atomic mass is 35.5. The molecule has 162 valence electrons. The molecule has 2 rings (SSSR count). The van der Waals surface area contributed by atoms with Gasteiger partial charge in [-0.05, 0) is 60.4 Å². The van der Waals surface area contributed by atoms with E-state index in [1.165, 1.54) is 12.2 Å². The van der Waals surface area contributed by atoms with Crippen molar-refractivity contribution in [2.24, 2.45) is 0 Å². The number of hydrogen-bond donors (Lipinski definition) is 6. The van der Waals surface area contributed by atoms with E-state index in [0.717, 1.165) is 11.1 Å². The molecule has 0 aliphatic carbocycles. The quantitative estimate of drug-likeness (QED) is 0.355. The molecule has 0 heterocycles. The minimum Gasteiger partial charge on any atom is -0.509 e. The Bertz CT molecular complexity index is 879. The van der Waals surface area contributed by atoms with Gasteiger partial charge in [0.1, 0.15) is 35.9 Å². The van der Waals surface area contributed by atoms with E-state index in [1.54, 1.807) is 50.2 Å². The molecule has 6 N–H and O–H groups in total. The van der Waals surface area contributed by atoms with Gasteiger partial charge in [0.05, 0.1) is 0 Å². The third-order valence-corrected chi connectivity index (χ3v) is 5.44. The molecule has 0 fully saturated rings. The fraction of sp³-hybridized carbons (Fsp3) is 0.273. The largest absolute Gasteiger partial charge is 0.509 e. The molecule has 0 aromatic heterocycles. The molecule has 0 bridgehead atoms. The third kappa shape index (κ3) is 5.98. The molecular formula is C22H24Cl2O6. The summed E-state index contributed by atoms with van der Waals surface area (Å²) in [5, 5.41) is 61.9. The lowest BCUT2D eigenvalue weighted by molar-refractivity contribution is -0.0996. The van der Waals surface area contributed by atoms with Crippen LogP contribution in [0.15, 0.2) is 47.9 Å². The first-order chi connectivity index (χ1) is 14.0. The summed E-state index contributed by atoms with van der Waals surface area (Å²) in [6, 6.07) is 9.73. The Morgan fingerprint density at radius 2 is 1.03 bits per heavy atom. The summed E-state index contributed by atoms with van der Waals surface area (Å²) >= 11 is 11.9. The van der Waals surface area contributed by atoms with Crippen molar-refractivity contribution in [3.05, 3.63) is 80.2 Å². The summed E-state index contributed by atoms with van der Waals surface area (Å²) in [7, 11) is 0. The van der Waals surface area contributed by atoms with Crippen LogP contribution in [0.2, 0.25) is 10.0 Å². The SMILES string of the molecule is Cc1cc(C=C(O)[C@@H](O)[C@@H](O)[C@H](O)[C@@H](O)C(O)=Cc2ccc(Cl)c(C)c2)ccc1Cl. The lowest BCUT2D eigenvalue weighted by Crippen LogP contribution is -2.45. The van der Waals surface area contributed by atoms with E-state index in [4.69, 9.17) is 23.2 Å². The van der Waals surface area contributed by atoms with Crippen molar-refractivity contribution in [1.29, 1.82) is 0 Å². The van der Waals surface area contributed by atoms with Crippen LogP contribution < -0.4 is 0 Å². The Balaban J connectivity index is 2.14. The lowest BCUT2D eigenvalue weighted by atomic mass is 9.98. The van der Waals surface area contributed by atoms with Crippen molar-refractivity contribution >= 4 is 35.4 Å². The second-order valence-electron chi connectivity index (χ2n) is 7.03. The first-order valence-electron chi connectivity index (χ1n) is 9.07. The zero-order valence-corrected chi connectivity index (χ0v) is 17.9. The normalized spacial score (nSPS) is 16.8. The average molecular weight is 455 g/mol. The van der Waals surface area contributed by atoms with Gasteiger partial charge in [-0.25, -0.2) is 0 Å². The molecule has 6 nitrogen and oxygen atoms in total. The molecule has 0 aliphatic heterocycles. The summed E-state index contributed by atoms with van der Waals surface area (Å²) in [5.41, 5.74) is 2.51. The Morgan fingerprint density at radius 1 is 0.700 bits per heavy atom. The van der Waals surface area contributed by atoms with Crippen LogP contribution in [0, 0.1) is 13.8 Å². The number of aryl methyl sites for hydroxylation is 2. The Labute approximate surface area is 184 Å². The summed E-state index contributed by atoms with van der Waals surface area (Å²) in [4.78, 5) is 0. The van der Waals surface area contributed by atoms with Crippen molar-refractivity contribution in [2.75, 3.05) is 0 Å². The first kappa shape index (κ1) is 24.2. The van der Waals surface area contributed by atoms with E-state index in [9.17, 15) is 30.6 Å². The molecule has 0 amide bonds. The number of rotatable bonds is 7. The van der Waals surface area contributed by atoms with E-state index in [1.807, 2.05) is 0 Å². The van der Waals surface area contributed by atoms with E-state index >= 15 is 0 Å². The van der Waals surface area contributed by atoms with Crippen LogP contribution in [-0.2, 0) is 0 Å². The number of halogens is 2. The molecule has 4 atom stereocenters. The van der Waals surface area contributed by atoms with Gasteiger partial charge < -0.3 is 30.6 Å². The van der Waals surface area contributed by atoms with Crippen molar-refractivity contribution in [3.8, 4) is 0 Å². The smallest absolute Gasteiger partial charge is 0.139 e. The maximum atomic E-state index is 10.2. The van der Waals surface area contributed by atoms with E-state index in [2.05, 4.69) is 0 Å². The van der Waals surface area contributed by atoms with E-state index in [-0.39, 0.29) is 0 Å². The topological polar surface area (TPSA) is 121 Å². The lowest BCUT2D eigenvalue weighted by Gasteiger charge is -2.26. The second-order valence-corrected chi connectivity index (χ2v) is 7.84. The van der Waals surface area contributed by atoms with Crippen LogP contribution in [0.5, 0.6) is 0 Å². The van der Waals surface area contributed by atoms with Gasteiger partial charge in [-0.2, -0.15) is 0 Å². The molecule has 2 aromatic rings. The van der Waals surface area contributed by atoms with Crippen LogP contribution in [0.25, 0.3) is 12.2 Å². The van der Waals surface area contributed by atoms with Crippen LogP contribution in [0.3, 0.4) is 0 Å². The van der Waals surface area contributed by atoms with Gasteiger partial charge in [0.15, 0.2) is 0 Å². The summed E-state index contributed by atoms with van der Waals surface area (Å²) in [5.74, 6) is -1.26. The van der Waals surface area contributed by atoms with E-state index < -0.39 is 35.9 Å². The zero-order valence-electron chi connectivity index (χ0n) is 16.4. The standard InChI is InChI=1S/C22H24Cl2O6/c1-11-7-13(3-5-15(11)23)9-17(25)19(27)21(29)22(30)20(28)18(26)10-14-4-6-16(24)12(2)8-14/h3-10,19-22,25-30H,1-2H3/t19-,20+,21-,22-/m1/s1. The molecular weight excluding hydrogens is 431 g/mol. The highest BCUT2D eigenvalue weighted by molar-refractivity contribution is 6.31. The highest BCUT2D eigenvalue weighted by Crippen LogP contribution is 2.22. The fourth-order valence-corrected chi connectivity index (χ4v) is 2.99. The highest BCUT2D eigenvalue weighted by Gasteiger charge is 2.34. The molecule has 8 heteroatoms. The monoisotopic (exact) mass is 454 g/mol. The predicted molar refractivity (Wildman–Crippen MR) is 118 cm³/mol. The zero-order chi connectivity index (χ0) is 22.6. The predicted octanol–water partition coefficient (Wildman–Crippen LogP) is 3.55. The number of aliphatic hydroxyl groups excluding tert-OH is 6. The molecule has 0 aliphatic rings. The van der Waals surface area contributed by atoms with Crippen LogP contribution in [0.1, 0.15) is 22.3 Å². The van der Waals surface area contributed by atoms with Crippen molar-refractivity contribution < 1.29 is 30.6 Å². The molecule has 0 saturated heterocycles. The first-order valence-corrected chi connectivity index (χ1v) is 9.82. The Hall–Kier alpha value is -2.06. The minimum absolute atomic E-state index is 0.511. The van der Waals surface area contributed by atoms with Gasteiger partial charge in [-0.3, -0.25) is 0 Å². The number of hydrogen-bond acceptors (Lipinski definition) is 6. The summed E-state index contributed by atoms with van der Waals surface area (Å²) in [6.45, 7) is 3.53. The minimum atomic E-state index is -1.98. The molecule has 0 spiro atoms. The summed E-state index contributed by atoms with van der Waals surface area (Å²) in [6.07, 6.45) is -5.38. The van der Waals surface area contributed by atoms with Crippen molar-refractivity contribution in [2.45, 2.75) is 38.3 Å². The Morgan fingerprint density at radius 3 is 1.33 bits per heavy atom. The second kappa shape index (κ2) is 10.3. The van der Waals surface area contributed by atoms with Crippen LogP contribution in [0.4, 0.5) is 0 Å².